The number of aryl methyl sites for hydroxylation is 2. The summed E-state index contributed by atoms with van der Waals surface area (Å²) in [6, 6.07) is 4.99. The van der Waals surface area contributed by atoms with Crippen LogP contribution in [0, 0.1) is 13.8 Å². The van der Waals surface area contributed by atoms with Gasteiger partial charge in [0.2, 0.25) is 5.91 Å². The van der Waals surface area contributed by atoms with E-state index in [1.165, 1.54) is 11.3 Å². The highest BCUT2D eigenvalue weighted by Crippen LogP contribution is 2.28. The second-order valence-electron chi connectivity index (χ2n) is 7.02. The van der Waals surface area contributed by atoms with Gasteiger partial charge in [-0.05, 0) is 38.0 Å². The van der Waals surface area contributed by atoms with Crippen molar-refractivity contribution in [3.63, 3.8) is 0 Å². The monoisotopic (exact) mass is 459 g/mol. The quantitative estimate of drug-likeness (QED) is 0.304. The maximum absolute atomic E-state index is 13.3. The minimum absolute atomic E-state index is 0.0370. The Morgan fingerprint density at radius 2 is 2.06 bits per heavy atom. The molecule has 0 saturated carbocycles. The lowest BCUT2D eigenvalue weighted by Gasteiger charge is -2.12. The summed E-state index contributed by atoms with van der Waals surface area (Å²) in [5.41, 5.74) is 1.49. The standard InChI is InChI=1S/C21H25N5O3S2/c1-4-5-9-23-20(29)24-16(27)12-30-21-25-18-17(13(2)14(3)31-18)19(28)26(21)11-15-8-6-7-10-22-15/h6-8,10H,4-5,9,11-12H2,1-3H3,(H2,23,24,27,29). The molecular formula is C21H25N5O3S2. The van der Waals surface area contributed by atoms with Crippen molar-refractivity contribution in [1.29, 1.82) is 0 Å². The summed E-state index contributed by atoms with van der Waals surface area (Å²) >= 11 is 2.59. The van der Waals surface area contributed by atoms with E-state index >= 15 is 0 Å². The summed E-state index contributed by atoms with van der Waals surface area (Å²) in [6.45, 7) is 6.66. The Balaban J connectivity index is 1.83. The number of hydrogen-bond acceptors (Lipinski definition) is 7. The van der Waals surface area contributed by atoms with Crippen molar-refractivity contribution in [1.82, 2.24) is 25.2 Å². The van der Waals surface area contributed by atoms with Gasteiger partial charge >= 0.3 is 6.03 Å². The van der Waals surface area contributed by atoms with Gasteiger partial charge in [0, 0.05) is 17.6 Å². The van der Waals surface area contributed by atoms with E-state index in [0.29, 0.717) is 21.9 Å². The van der Waals surface area contributed by atoms with E-state index in [9.17, 15) is 14.4 Å². The first kappa shape index (κ1) is 23.0. The molecule has 0 atom stereocenters. The number of carbonyl (C=O) groups is 2. The molecule has 3 aromatic heterocycles. The maximum atomic E-state index is 13.3. The van der Waals surface area contributed by atoms with E-state index < -0.39 is 11.9 Å². The Morgan fingerprint density at radius 3 is 2.77 bits per heavy atom. The lowest BCUT2D eigenvalue weighted by atomic mass is 10.2. The lowest BCUT2D eigenvalue weighted by Crippen LogP contribution is -2.40. The number of thioether (sulfide) groups is 1. The van der Waals surface area contributed by atoms with Crippen LogP contribution in [-0.2, 0) is 11.3 Å². The highest BCUT2D eigenvalue weighted by atomic mass is 32.2. The molecule has 10 heteroatoms. The first-order valence-electron chi connectivity index (χ1n) is 10.0. The van der Waals surface area contributed by atoms with Gasteiger partial charge in [0.05, 0.1) is 23.4 Å². The fourth-order valence-electron chi connectivity index (χ4n) is 2.93. The molecule has 0 unspecified atom stereocenters. The van der Waals surface area contributed by atoms with Gasteiger partial charge in [0.1, 0.15) is 4.83 Å². The number of urea groups is 1. The van der Waals surface area contributed by atoms with Crippen LogP contribution in [0.5, 0.6) is 0 Å². The number of unbranched alkanes of at least 4 members (excludes halogenated alkanes) is 1. The summed E-state index contributed by atoms with van der Waals surface area (Å²) in [5.74, 6) is -0.485. The van der Waals surface area contributed by atoms with Crippen molar-refractivity contribution >= 4 is 45.3 Å². The van der Waals surface area contributed by atoms with Gasteiger partial charge in [0.15, 0.2) is 5.16 Å². The molecule has 0 radical (unpaired) electrons. The molecule has 8 nitrogen and oxygen atoms in total. The normalized spacial score (nSPS) is 10.9. The Kier molecular flexibility index (Phi) is 7.80. The minimum atomic E-state index is -0.516. The van der Waals surface area contributed by atoms with Crippen LogP contribution in [-0.4, -0.2) is 38.8 Å². The Morgan fingerprint density at radius 1 is 1.26 bits per heavy atom. The third kappa shape index (κ3) is 5.71. The van der Waals surface area contributed by atoms with Crippen molar-refractivity contribution in [2.75, 3.05) is 12.3 Å². The number of nitrogens with one attached hydrogen (secondary N) is 2. The van der Waals surface area contributed by atoms with Crippen molar-refractivity contribution in [3.05, 3.63) is 50.9 Å². The Labute approximate surface area is 188 Å². The van der Waals surface area contributed by atoms with Crippen molar-refractivity contribution in [2.45, 2.75) is 45.3 Å². The average molecular weight is 460 g/mol. The second kappa shape index (κ2) is 10.5. The molecule has 0 aliphatic carbocycles. The number of imide groups is 1. The van der Waals surface area contributed by atoms with Crippen LogP contribution < -0.4 is 16.2 Å². The van der Waals surface area contributed by atoms with Crippen LogP contribution in [0.25, 0.3) is 10.2 Å². The van der Waals surface area contributed by atoms with Crippen LogP contribution in [0.3, 0.4) is 0 Å². The number of pyridine rings is 1. The highest BCUT2D eigenvalue weighted by molar-refractivity contribution is 7.99. The summed E-state index contributed by atoms with van der Waals surface area (Å²) < 4.78 is 1.54. The van der Waals surface area contributed by atoms with Crippen molar-refractivity contribution < 1.29 is 9.59 Å². The first-order valence-corrected chi connectivity index (χ1v) is 11.8. The van der Waals surface area contributed by atoms with Gasteiger partial charge in [-0.3, -0.25) is 24.5 Å². The van der Waals surface area contributed by atoms with Gasteiger partial charge in [-0.25, -0.2) is 9.78 Å². The summed E-state index contributed by atoms with van der Waals surface area (Å²) in [6.07, 6.45) is 3.47. The SMILES string of the molecule is CCCCNC(=O)NC(=O)CSc1nc2sc(C)c(C)c2c(=O)n1Cc1ccccn1. The lowest BCUT2D eigenvalue weighted by molar-refractivity contribution is -0.117. The molecule has 0 spiro atoms. The van der Waals surface area contributed by atoms with Crippen LogP contribution in [0.15, 0.2) is 34.3 Å². The Hall–Kier alpha value is -2.72. The van der Waals surface area contributed by atoms with Crippen LogP contribution in [0.1, 0.15) is 35.9 Å². The second-order valence-corrected chi connectivity index (χ2v) is 9.16. The smallest absolute Gasteiger partial charge is 0.321 e. The molecule has 0 saturated heterocycles. The average Bonchev–Trinajstić information content (AvgIpc) is 3.03. The molecule has 0 aliphatic heterocycles. The number of fused-ring (bicyclic) bond motifs is 1. The van der Waals surface area contributed by atoms with Crippen LogP contribution in [0.4, 0.5) is 4.79 Å². The fourth-order valence-corrected chi connectivity index (χ4v) is 4.80. The van der Waals surface area contributed by atoms with E-state index in [2.05, 4.69) is 20.6 Å². The number of rotatable bonds is 8. The van der Waals surface area contributed by atoms with E-state index in [1.807, 2.05) is 39.0 Å². The zero-order valence-electron chi connectivity index (χ0n) is 17.7. The predicted octanol–water partition coefficient (Wildman–Crippen LogP) is 3.24. The zero-order chi connectivity index (χ0) is 22.4. The predicted molar refractivity (Wildman–Crippen MR) is 124 cm³/mol. The third-order valence-corrected chi connectivity index (χ3v) is 6.78. The molecule has 164 valence electrons. The number of amides is 3. The Bertz CT molecular complexity index is 1140. The summed E-state index contributed by atoms with van der Waals surface area (Å²) in [5, 5.41) is 5.97. The minimum Gasteiger partial charge on any atom is -0.338 e. The number of nitrogens with zero attached hydrogens (tertiary/aromatic N) is 3. The first-order chi connectivity index (χ1) is 14.9. The van der Waals surface area contributed by atoms with Gasteiger partial charge < -0.3 is 5.32 Å². The third-order valence-electron chi connectivity index (χ3n) is 4.70. The molecule has 3 amide bonds. The molecule has 0 aliphatic rings. The summed E-state index contributed by atoms with van der Waals surface area (Å²) in [4.78, 5) is 47.9. The van der Waals surface area contributed by atoms with Gasteiger partial charge in [0.25, 0.3) is 5.56 Å². The topological polar surface area (TPSA) is 106 Å². The number of aromatic nitrogens is 3. The molecule has 3 rings (SSSR count). The fraction of sp³-hybridized carbons (Fsp3) is 0.381. The van der Waals surface area contributed by atoms with Crippen molar-refractivity contribution in [3.8, 4) is 0 Å². The zero-order valence-corrected chi connectivity index (χ0v) is 19.4. The maximum Gasteiger partial charge on any atom is 0.321 e. The van der Waals surface area contributed by atoms with E-state index in [0.717, 1.165) is 40.7 Å². The molecule has 0 aromatic carbocycles. The molecule has 2 N–H and O–H groups in total. The van der Waals surface area contributed by atoms with Crippen LogP contribution in [0.2, 0.25) is 0 Å². The molecule has 0 bridgehead atoms. The molecule has 31 heavy (non-hydrogen) atoms. The largest absolute Gasteiger partial charge is 0.338 e. The van der Waals surface area contributed by atoms with E-state index in [4.69, 9.17) is 0 Å². The number of thiophene rings is 1. The van der Waals surface area contributed by atoms with Crippen molar-refractivity contribution in [2.24, 2.45) is 0 Å². The van der Waals surface area contributed by atoms with Crippen LogP contribution >= 0.6 is 23.1 Å². The molecule has 3 aromatic rings. The van der Waals surface area contributed by atoms with Gasteiger partial charge in [-0.1, -0.05) is 31.2 Å². The van der Waals surface area contributed by atoms with E-state index in [-0.39, 0.29) is 17.9 Å². The highest BCUT2D eigenvalue weighted by Gasteiger charge is 2.18. The number of carbonyl (C=O) groups excluding carboxylic acids is 2. The van der Waals surface area contributed by atoms with Gasteiger partial charge in [-0.15, -0.1) is 11.3 Å². The van der Waals surface area contributed by atoms with E-state index in [1.54, 1.807) is 10.8 Å². The number of hydrogen-bond donors (Lipinski definition) is 2. The molecule has 3 heterocycles. The van der Waals surface area contributed by atoms with Gasteiger partial charge in [-0.2, -0.15) is 0 Å². The summed E-state index contributed by atoms with van der Waals surface area (Å²) in [7, 11) is 0. The molecule has 0 fully saturated rings. The molecular weight excluding hydrogens is 434 g/mol.